The van der Waals surface area contributed by atoms with Crippen LogP contribution in [0.2, 0.25) is 0 Å². The Bertz CT molecular complexity index is 850. The van der Waals surface area contributed by atoms with Gasteiger partial charge in [-0.1, -0.05) is 64.3 Å². The van der Waals surface area contributed by atoms with Crippen LogP contribution in [0.5, 0.6) is 5.75 Å². The molecule has 1 heterocycles. The molecule has 0 aromatic heterocycles. The quantitative estimate of drug-likeness (QED) is 0.265. The van der Waals surface area contributed by atoms with Crippen molar-refractivity contribution in [3.8, 4) is 5.75 Å². The van der Waals surface area contributed by atoms with E-state index >= 15 is 0 Å². The van der Waals surface area contributed by atoms with Crippen molar-refractivity contribution in [3.05, 3.63) is 59.7 Å². The molecule has 2 aromatic carbocycles. The number of carbonyl (C=O) groups is 1. The lowest BCUT2D eigenvalue weighted by Crippen LogP contribution is -2.47. The predicted octanol–water partition coefficient (Wildman–Crippen LogP) is 5.67. The molecule has 30 heavy (non-hydrogen) atoms. The molecule has 4 nitrogen and oxygen atoms in total. The zero-order valence-electron chi connectivity index (χ0n) is 18.7. The van der Waals surface area contributed by atoms with E-state index in [0.717, 1.165) is 19.5 Å². The Morgan fingerprint density at radius 1 is 1.17 bits per heavy atom. The normalized spacial score (nSPS) is 22.0. The van der Waals surface area contributed by atoms with Crippen LogP contribution in [0.3, 0.4) is 0 Å². The van der Waals surface area contributed by atoms with Crippen LogP contribution < -0.4 is 10.5 Å². The van der Waals surface area contributed by atoms with Gasteiger partial charge in [0.2, 0.25) is 0 Å². The number of nitrogen functional groups attached to an aromatic ring is 1. The van der Waals surface area contributed by atoms with Crippen LogP contribution >= 0.6 is 0 Å². The van der Waals surface area contributed by atoms with Gasteiger partial charge in [0.05, 0.1) is 5.56 Å². The van der Waals surface area contributed by atoms with E-state index in [1.807, 2.05) is 24.3 Å². The standard InChI is InChI=1S/C26H36N2O2/c1-4-5-6-9-16-28-17-15-26(3,20(2)19-28)21-11-10-12-22(18-21)30-25(29)23-13-7-8-14-24(23)27/h7-8,10-14,18,20H,4-6,9,15-17,19,27H2,1-3H3. The summed E-state index contributed by atoms with van der Waals surface area (Å²) in [6.45, 7) is 10.4. The second kappa shape index (κ2) is 10.1. The van der Waals surface area contributed by atoms with Gasteiger partial charge in [-0.3, -0.25) is 0 Å². The number of esters is 1. The number of piperidine rings is 1. The molecular formula is C26H36N2O2. The van der Waals surface area contributed by atoms with E-state index in [9.17, 15) is 4.79 Å². The highest BCUT2D eigenvalue weighted by molar-refractivity contribution is 5.96. The smallest absolute Gasteiger partial charge is 0.345 e. The summed E-state index contributed by atoms with van der Waals surface area (Å²) < 4.78 is 5.66. The molecule has 0 radical (unpaired) electrons. The number of likely N-dealkylation sites (tertiary alicyclic amines) is 1. The first kappa shape index (κ1) is 22.4. The zero-order valence-corrected chi connectivity index (χ0v) is 18.7. The molecule has 1 saturated heterocycles. The van der Waals surface area contributed by atoms with Crippen molar-refractivity contribution in [3.63, 3.8) is 0 Å². The van der Waals surface area contributed by atoms with E-state index in [0.29, 0.717) is 22.9 Å². The molecule has 0 bridgehead atoms. The van der Waals surface area contributed by atoms with Gasteiger partial charge in [-0.05, 0) is 67.1 Å². The lowest BCUT2D eigenvalue weighted by atomic mass is 9.68. The molecule has 0 amide bonds. The second-order valence-corrected chi connectivity index (χ2v) is 8.93. The van der Waals surface area contributed by atoms with Gasteiger partial charge in [0.1, 0.15) is 5.75 Å². The number of rotatable bonds is 8. The van der Waals surface area contributed by atoms with Gasteiger partial charge in [-0.15, -0.1) is 0 Å². The van der Waals surface area contributed by atoms with Crippen molar-refractivity contribution in [2.75, 3.05) is 25.4 Å². The average Bonchev–Trinajstić information content (AvgIpc) is 2.74. The van der Waals surface area contributed by atoms with E-state index in [2.05, 4.69) is 31.7 Å². The van der Waals surface area contributed by atoms with Crippen LogP contribution in [0.1, 0.15) is 68.8 Å². The molecule has 3 rings (SSSR count). The summed E-state index contributed by atoms with van der Waals surface area (Å²) in [5.74, 6) is 0.703. The van der Waals surface area contributed by atoms with Gasteiger partial charge in [-0.2, -0.15) is 0 Å². The molecule has 162 valence electrons. The summed E-state index contributed by atoms with van der Waals surface area (Å²) in [6.07, 6.45) is 6.36. The van der Waals surface area contributed by atoms with Crippen molar-refractivity contribution in [1.82, 2.24) is 4.90 Å². The van der Waals surface area contributed by atoms with Crippen LogP contribution in [-0.4, -0.2) is 30.5 Å². The highest BCUT2D eigenvalue weighted by atomic mass is 16.5. The zero-order chi connectivity index (χ0) is 21.6. The topological polar surface area (TPSA) is 55.6 Å². The lowest BCUT2D eigenvalue weighted by Gasteiger charge is -2.45. The number of carbonyl (C=O) groups excluding carboxylic acids is 1. The van der Waals surface area contributed by atoms with Crippen molar-refractivity contribution in [1.29, 1.82) is 0 Å². The number of anilines is 1. The van der Waals surface area contributed by atoms with Gasteiger partial charge in [-0.25, -0.2) is 4.79 Å². The Kier molecular flexibility index (Phi) is 7.54. The number of hydrogen-bond donors (Lipinski definition) is 1. The van der Waals surface area contributed by atoms with E-state index in [-0.39, 0.29) is 5.41 Å². The molecule has 0 aliphatic carbocycles. The number of hydrogen-bond acceptors (Lipinski definition) is 4. The Hall–Kier alpha value is -2.33. The number of nitrogens with zero attached hydrogens (tertiary/aromatic N) is 1. The Balaban J connectivity index is 1.66. The summed E-state index contributed by atoms with van der Waals surface area (Å²) >= 11 is 0. The fourth-order valence-electron chi connectivity index (χ4n) is 4.47. The largest absolute Gasteiger partial charge is 0.423 e. The highest BCUT2D eigenvalue weighted by Crippen LogP contribution is 2.40. The monoisotopic (exact) mass is 408 g/mol. The average molecular weight is 409 g/mol. The minimum absolute atomic E-state index is 0.0775. The number of ether oxygens (including phenoxy) is 1. The molecule has 2 atom stereocenters. The van der Waals surface area contributed by atoms with Crippen molar-refractivity contribution >= 4 is 11.7 Å². The SMILES string of the molecule is CCCCCCN1CCC(C)(c2cccc(OC(=O)c3ccccc3N)c2)C(C)C1. The molecule has 2 aromatic rings. The van der Waals surface area contributed by atoms with Crippen molar-refractivity contribution in [2.45, 2.75) is 58.3 Å². The summed E-state index contributed by atoms with van der Waals surface area (Å²) in [6, 6.07) is 15.0. The fraction of sp³-hybridized carbons (Fsp3) is 0.500. The first-order valence-corrected chi connectivity index (χ1v) is 11.3. The van der Waals surface area contributed by atoms with Gasteiger partial charge >= 0.3 is 5.97 Å². The van der Waals surface area contributed by atoms with Gasteiger partial charge < -0.3 is 15.4 Å². The fourth-order valence-corrected chi connectivity index (χ4v) is 4.47. The lowest BCUT2D eigenvalue weighted by molar-refractivity contribution is 0.0734. The highest BCUT2D eigenvalue weighted by Gasteiger charge is 2.38. The maximum absolute atomic E-state index is 12.5. The van der Waals surface area contributed by atoms with Gasteiger partial charge in [0, 0.05) is 12.2 Å². The Labute approximate surface area is 181 Å². The van der Waals surface area contributed by atoms with Crippen molar-refractivity contribution < 1.29 is 9.53 Å². The number of benzene rings is 2. The van der Waals surface area contributed by atoms with Crippen LogP contribution in [0.15, 0.2) is 48.5 Å². The van der Waals surface area contributed by atoms with Crippen LogP contribution in [0, 0.1) is 5.92 Å². The van der Waals surface area contributed by atoms with Crippen LogP contribution in [0.4, 0.5) is 5.69 Å². The summed E-state index contributed by atoms with van der Waals surface area (Å²) in [7, 11) is 0. The van der Waals surface area contributed by atoms with Gasteiger partial charge in [0.25, 0.3) is 0 Å². The van der Waals surface area contributed by atoms with E-state index < -0.39 is 5.97 Å². The van der Waals surface area contributed by atoms with Crippen LogP contribution in [0.25, 0.3) is 0 Å². The third kappa shape index (κ3) is 5.23. The van der Waals surface area contributed by atoms with E-state index in [1.165, 1.54) is 37.8 Å². The molecule has 0 saturated carbocycles. The summed E-state index contributed by atoms with van der Waals surface area (Å²) in [4.78, 5) is 15.2. The Morgan fingerprint density at radius 3 is 2.70 bits per heavy atom. The third-order valence-corrected chi connectivity index (χ3v) is 6.78. The molecule has 2 unspecified atom stereocenters. The summed E-state index contributed by atoms with van der Waals surface area (Å²) in [5.41, 5.74) is 8.08. The van der Waals surface area contributed by atoms with E-state index in [1.54, 1.807) is 18.2 Å². The molecule has 2 N–H and O–H groups in total. The number of nitrogens with two attached hydrogens (primary N) is 1. The maximum Gasteiger partial charge on any atom is 0.345 e. The first-order chi connectivity index (χ1) is 14.4. The van der Waals surface area contributed by atoms with Gasteiger partial charge in [0.15, 0.2) is 0 Å². The number of para-hydroxylation sites is 1. The van der Waals surface area contributed by atoms with Crippen molar-refractivity contribution in [2.24, 2.45) is 5.92 Å². The minimum atomic E-state index is -0.412. The number of unbranched alkanes of at least 4 members (excludes halogenated alkanes) is 3. The maximum atomic E-state index is 12.5. The molecule has 0 spiro atoms. The van der Waals surface area contributed by atoms with E-state index in [4.69, 9.17) is 10.5 Å². The Morgan fingerprint density at radius 2 is 1.97 bits per heavy atom. The second-order valence-electron chi connectivity index (χ2n) is 8.93. The first-order valence-electron chi connectivity index (χ1n) is 11.3. The molecular weight excluding hydrogens is 372 g/mol. The molecule has 1 aliphatic heterocycles. The molecule has 4 heteroatoms. The summed E-state index contributed by atoms with van der Waals surface area (Å²) in [5, 5.41) is 0. The molecule has 1 fully saturated rings. The minimum Gasteiger partial charge on any atom is -0.423 e. The van der Waals surface area contributed by atoms with Crippen LogP contribution in [-0.2, 0) is 5.41 Å². The third-order valence-electron chi connectivity index (χ3n) is 6.78. The predicted molar refractivity (Wildman–Crippen MR) is 124 cm³/mol. The molecule has 1 aliphatic rings.